The highest BCUT2D eigenvalue weighted by molar-refractivity contribution is 5.16. The Kier molecular flexibility index (Phi) is 2.99. The van der Waals surface area contributed by atoms with E-state index in [2.05, 4.69) is 0 Å². The van der Waals surface area contributed by atoms with Crippen LogP contribution in [0, 0.1) is 11.8 Å². The van der Waals surface area contributed by atoms with Crippen LogP contribution in [0.1, 0.15) is 49.0 Å². The molecule has 16 heavy (non-hydrogen) atoms. The van der Waals surface area contributed by atoms with E-state index in [-0.39, 0.29) is 0 Å². The van der Waals surface area contributed by atoms with Crippen LogP contribution in [-0.4, -0.2) is 9.94 Å². The highest BCUT2D eigenvalue weighted by atomic mass is 16.5. The fourth-order valence-corrected chi connectivity index (χ4v) is 2.53. The van der Waals surface area contributed by atoms with Gasteiger partial charge in [0.2, 0.25) is 0 Å². The number of hydrogen-bond donors (Lipinski definition) is 1. The zero-order valence-electron chi connectivity index (χ0n) is 9.99. The topological polar surface area (TPSA) is 48.1 Å². The van der Waals surface area contributed by atoms with Crippen molar-refractivity contribution < 1.29 is 9.63 Å². The molecular weight excluding hydrogens is 204 g/mol. The first-order valence-corrected chi connectivity index (χ1v) is 6.04. The maximum atomic E-state index is 12.2. The normalized spacial score (nSPS) is 15.6. The van der Waals surface area contributed by atoms with E-state index < -0.39 is 0 Å². The van der Waals surface area contributed by atoms with Gasteiger partial charge < -0.3 is 5.21 Å². The van der Waals surface area contributed by atoms with Gasteiger partial charge in [-0.05, 0) is 26.2 Å². The Balaban J connectivity index is 2.70. The van der Waals surface area contributed by atoms with E-state index in [0.29, 0.717) is 17.8 Å². The van der Waals surface area contributed by atoms with E-state index in [1.54, 1.807) is 6.92 Å². The number of nitrogens with zero attached hydrogens (tertiary/aromatic N) is 2. The number of rotatable bonds is 1. The molecule has 1 aromatic heterocycles. The summed E-state index contributed by atoms with van der Waals surface area (Å²) in [4.78, 5) is 12.2. The van der Waals surface area contributed by atoms with Crippen molar-refractivity contribution in [1.29, 1.82) is 0 Å². The molecule has 4 heteroatoms. The van der Waals surface area contributed by atoms with Crippen LogP contribution < -0.4 is 4.43 Å². The molecule has 0 spiro atoms. The molecule has 0 atom stereocenters. The molecule has 0 aliphatic heterocycles. The predicted octanol–water partition coefficient (Wildman–Crippen LogP) is 1.78. The number of fused-ring (bicyclic) bond motifs is 1. The van der Waals surface area contributed by atoms with Crippen LogP contribution >= 0.6 is 0 Å². The highest BCUT2D eigenvalue weighted by Crippen LogP contribution is 2.19. The van der Waals surface area contributed by atoms with Gasteiger partial charge in [0, 0.05) is 17.7 Å². The van der Waals surface area contributed by atoms with Crippen molar-refractivity contribution in [2.45, 2.75) is 52.4 Å². The van der Waals surface area contributed by atoms with Crippen molar-refractivity contribution in [1.82, 2.24) is 4.73 Å². The van der Waals surface area contributed by atoms with E-state index >= 15 is 0 Å². The Labute approximate surface area is 95.1 Å². The molecule has 0 aromatic carbocycles. The van der Waals surface area contributed by atoms with Gasteiger partial charge in [-0.3, -0.25) is 0 Å². The second-order valence-corrected chi connectivity index (χ2v) is 4.45. The predicted molar refractivity (Wildman–Crippen MR) is 60.4 cm³/mol. The third-order valence-corrected chi connectivity index (χ3v) is 3.48. The van der Waals surface area contributed by atoms with E-state index in [9.17, 15) is 10.1 Å². The molecule has 0 saturated carbocycles. The lowest BCUT2D eigenvalue weighted by atomic mass is 10.1. The third-order valence-electron chi connectivity index (χ3n) is 3.48. The zero-order valence-corrected chi connectivity index (χ0v) is 9.99. The summed E-state index contributed by atoms with van der Waals surface area (Å²) in [5.41, 5.74) is 2.94. The molecule has 1 N–H and O–H groups in total. The second kappa shape index (κ2) is 4.28. The van der Waals surface area contributed by atoms with Crippen LogP contribution in [0.5, 0.6) is 0 Å². The Bertz CT molecular complexity index is 463. The van der Waals surface area contributed by atoms with Gasteiger partial charge in [-0.2, -0.15) is 4.73 Å². The summed E-state index contributed by atoms with van der Waals surface area (Å²) >= 11 is 0. The molecule has 0 fully saturated rings. The van der Waals surface area contributed by atoms with Crippen LogP contribution in [-0.2, 0) is 19.3 Å². The summed E-state index contributed by atoms with van der Waals surface area (Å²) in [6, 6.07) is 0. The Hall–Kier alpha value is -1.32. The van der Waals surface area contributed by atoms with Gasteiger partial charge in [0.05, 0.1) is 4.43 Å². The maximum absolute atomic E-state index is 12.2. The molecule has 1 aliphatic carbocycles. The average molecular weight is 223 g/mol. The van der Waals surface area contributed by atoms with Gasteiger partial charge >= 0.3 is 0 Å². The molecule has 0 unspecified atom stereocenters. The lowest BCUT2D eigenvalue weighted by molar-refractivity contribution is -0.517. The average Bonchev–Trinajstić information content (AvgIpc) is 2.52. The fraction of sp³-hybridized carbons (Fsp3) is 0.667. The maximum Gasteiger partial charge on any atom is 0.262 e. The van der Waals surface area contributed by atoms with Crippen molar-refractivity contribution >= 4 is 0 Å². The van der Waals surface area contributed by atoms with Gasteiger partial charge in [-0.25, -0.2) is 0 Å². The summed E-state index contributed by atoms with van der Waals surface area (Å²) in [6.45, 7) is 3.75. The molecule has 0 bridgehead atoms. The number of hydrogen-bond acceptors (Lipinski definition) is 2. The van der Waals surface area contributed by atoms with Crippen molar-refractivity contribution in [3.05, 3.63) is 27.7 Å². The minimum absolute atomic E-state index is 0.656. The van der Waals surface area contributed by atoms with Crippen LogP contribution in [0.2, 0.25) is 0 Å². The van der Waals surface area contributed by atoms with Crippen LogP contribution in [0.4, 0.5) is 0 Å². The van der Waals surface area contributed by atoms with E-state index in [1.807, 2.05) is 6.92 Å². The van der Waals surface area contributed by atoms with E-state index in [0.717, 1.165) is 47.9 Å². The van der Waals surface area contributed by atoms with Crippen LogP contribution in [0.25, 0.3) is 0 Å². The minimum atomic E-state index is 0.656. The Morgan fingerprint density at radius 3 is 2.69 bits per heavy atom. The van der Waals surface area contributed by atoms with E-state index in [1.165, 1.54) is 4.73 Å². The number of aromatic nitrogens is 2. The van der Waals surface area contributed by atoms with Gasteiger partial charge in [0.15, 0.2) is 0 Å². The lowest BCUT2D eigenvalue weighted by Crippen LogP contribution is -2.33. The van der Waals surface area contributed by atoms with Crippen molar-refractivity contribution in [2.75, 3.05) is 0 Å². The first kappa shape index (κ1) is 11.2. The highest BCUT2D eigenvalue weighted by Gasteiger charge is 2.27. The molecule has 2 rings (SSSR count). The first-order chi connectivity index (χ1) is 7.66. The van der Waals surface area contributed by atoms with Crippen molar-refractivity contribution in [3.63, 3.8) is 0 Å². The summed E-state index contributed by atoms with van der Waals surface area (Å²) in [5, 5.41) is 10.1. The summed E-state index contributed by atoms with van der Waals surface area (Å²) in [5.74, 6) is 0. The molecule has 1 heterocycles. The SMILES string of the molecule is CCc1c(C)n(O)c2c([n+]1=O)CCCCC2. The molecule has 0 amide bonds. The van der Waals surface area contributed by atoms with Crippen molar-refractivity contribution in [3.8, 4) is 0 Å². The third kappa shape index (κ3) is 1.62. The first-order valence-electron chi connectivity index (χ1n) is 6.04. The van der Waals surface area contributed by atoms with Gasteiger partial charge in [-0.1, -0.05) is 13.3 Å². The summed E-state index contributed by atoms with van der Waals surface area (Å²) in [6.07, 6.45) is 5.48. The summed E-state index contributed by atoms with van der Waals surface area (Å²) < 4.78 is 2.27. The largest absolute Gasteiger partial charge is 0.428 e. The van der Waals surface area contributed by atoms with Gasteiger partial charge in [0.25, 0.3) is 11.4 Å². The smallest absolute Gasteiger partial charge is 0.262 e. The monoisotopic (exact) mass is 223 g/mol. The van der Waals surface area contributed by atoms with Crippen LogP contribution in [0.15, 0.2) is 0 Å². The van der Waals surface area contributed by atoms with E-state index in [4.69, 9.17) is 0 Å². The summed E-state index contributed by atoms with van der Waals surface area (Å²) in [7, 11) is 0. The van der Waals surface area contributed by atoms with Gasteiger partial charge in [0.1, 0.15) is 11.4 Å². The Morgan fingerprint density at radius 2 is 2.00 bits per heavy atom. The molecule has 0 saturated heterocycles. The molecule has 0 radical (unpaired) electrons. The molecule has 88 valence electrons. The quantitative estimate of drug-likeness (QED) is 0.448. The molecular formula is C12H19N2O2+. The molecule has 1 aromatic rings. The minimum Gasteiger partial charge on any atom is -0.428 e. The molecule has 4 nitrogen and oxygen atoms in total. The molecule has 1 aliphatic rings. The van der Waals surface area contributed by atoms with Gasteiger partial charge in [-0.15, -0.1) is 0 Å². The van der Waals surface area contributed by atoms with Crippen molar-refractivity contribution in [2.24, 2.45) is 0 Å². The van der Waals surface area contributed by atoms with Crippen LogP contribution in [0.3, 0.4) is 0 Å². The standard InChI is InChI=1S/C12H19N2O2/c1-3-10-9(2)13(15)11-7-5-4-6-8-12(11)14(10)16/h15H,3-8H2,1-2H3/q+1. The second-order valence-electron chi connectivity index (χ2n) is 4.45. The fourth-order valence-electron chi connectivity index (χ4n) is 2.53. The zero-order chi connectivity index (χ0) is 11.7. The lowest BCUT2D eigenvalue weighted by Gasteiger charge is -2.09. The Morgan fingerprint density at radius 1 is 1.31 bits per heavy atom.